The van der Waals surface area contributed by atoms with E-state index in [1.54, 1.807) is 11.3 Å². The molecule has 0 saturated carbocycles. The Bertz CT molecular complexity index is 521. The molecular weight excluding hydrogens is 349 g/mol. The Labute approximate surface area is 129 Å². The van der Waals surface area contributed by atoms with Crippen LogP contribution in [0.5, 0.6) is 0 Å². The van der Waals surface area contributed by atoms with Gasteiger partial charge in [-0.3, -0.25) is 0 Å². The molecule has 19 heavy (non-hydrogen) atoms. The lowest BCUT2D eigenvalue weighted by Crippen LogP contribution is -2.22. The summed E-state index contributed by atoms with van der Waals surface area (Å²) in [6, 6.07) is 8.59. The first-order chi connectivity index (χ1) is 9.11. The van der Waals surface area contributed by atoms with E-state index in [9.17, 15) is 4.39 Å². The summed E-state index contributed by atoms with van der Waals surface area (Å²) in [6.45, 7) is 3.02. The summed E-state index contributed by atoms with van der Waals surface area (Å²) in [4.78, 5) is 1.12. The normalized spacial score (nSPS) is 12.6. The van der Waals surface area contributed by atoms with Crippen molar-refractivity contribution in [3.05, 3.63) is 55.4 Å². The second kappa shape index (κ2) is 6.84. The molecule has 0 bridgehead atoms. The number of benzene rings is 1. The van der Waals surface area contributed by atoms with Crippen LogP contribution in [0.3, 0.4) is 0 Å². The second-order valence-electron chi connectivity index (χ2n) is 4.21. The molecule has 2 aromatic rings. The van der Waals surface area contributed by atoms with Crippen LogP contribution in [0.15, 0.2) is 34.1 Å². The number of hydrogen-bond acceptors (Lipinski definition) is 2. The van der Waals surface area contributed by atoms with Crippen molar-refractivity contribution in [2.24, 2.45) is 0 Å². The molecule has 0 aliphatic heterocycles. The highest BCUT2D eigenvalue weighted by atomic mass is 79.9. The van der Waals surface area contributed by atoms with E-state index in [2.05, 4.69) is 28.2 Å². The minimum absolute atomic E-state index is 0.0503. The van der Waals surface area contributed by atoms with E-state index in [-0.39, 0.29) is 11.9 Å². The molecule has 0 aliphatic carbocycles. The number of halogens is 3. The van der Waals surface area contributed by atoms with Gasteiger partial charge in [0.05, 0.1) is 14.9 Å². The Morgan fingerprint density at radius 2 is 2.05 bits per heavy atom. The highest BCUT2D eigenvalue weighted by Crippen LogP contribution is 2.37. The smallest absolute Gasteiger partial charge is 0.123 e. The first-order valence-corrected chi connectivity index (χ1v) is 8.04. The molecule has 1 heterocycles. The molecule has 0 aliphatic rings. The van der Waals surface area contributed by atoms with Gasteiger partial charge in [-0.1, -0.05) is 30.7 Å². The first kappa shape index (κ1) is 15.0. The van der Waals surface area contributed by atoms with Gasteiger partial charge in [-0.25, -0.2) is 4.39 Å². The number of thiophene rings is 1. The van der Waals surface area contributed by atoms with Gasteiger partial charge in [0.25, 0.3) is 0 Å². The van der Waals surface area contributed by atoms with Crippen LogP contribution in [0.1, 0.15) is 29.8 Å². The zero-order valence-corrected chi connectivity index (χ0v) is 13.6. The van der Waals surface area contributed by atoms with E-state index in [0.29, 0.717) is 5.02 Å². The standard InChI is InChI=1S/C14H14BrClFNS/c1-2-7-18-13(9-3-5-10(17)6-4-9)12-8-11(16)14(15)19-12/h3-6,8,13,18H,2,7H2,1H3. The molecule has 1 aromatic carbocycles. The monoisotopic (exact) mass is 361 g/mol. The average molecular weight is 363 g/mol. The maximum absolute atomic E-state index is 13.0. The molecule has 1 aromatic heterocycles. The Morgan fingerprint density at radius 3 is 2.58 bits per heavy atom. The SMILES string of the molecule is CCCNC(c1ccc(F)cc1)c1cc(Cl)c(Br)s1. The van der Waals surface area contributed by atoms with Crippen LogP contribution in [-0.2, 0) is 0 Å². The van der Waals surface area contributed by atoms with Gasteiger partial charge in [-0.15, -0.1) is 11.3 Å². The molecule has 5 heteroatoms. The van der Waals surface area contributed by atoms with E-state index in [1.165, 1.54) is 12.1 Å². The van der Waals surface area contributed by atoms with Crippen LogP contribution in [0.2, 0.25) is 5.02 Å². The Hall–Kier alpha value is -0.420. The Balaban J connectivity index is 2.32. The van der Waals surface area contributed by atoms with Gasteiger partial charge < -0.3 is 5.32 Å². The minimum Gasteiger partial charge on any atom is -0.306 e. The van der Waals surface area contributed by atoms with Crippen molar-refractivity contribution in [3.8, 4) is 0 Å². The largest absolute Gasteiger partial charge is 0.306 e. The van der Waals surface area contributed by atoms with Crippen LogP contribution in [-0.4, -0.2) is 6.54 Å². The second-order valence-corrected chi connectivity index (χ2v) is 7.02. The molecule has 102 valence electrons. The highest BCUT2D eigenvalue weighted by molar-refractivity contribution is 9.11. The lowest BCUT2D eigenvalue weighted by molar-refractivity contribution is 0.599. The van der Waals surface area contributed by atoms with E-state index in [4.69, 9.17) is 11.6 Å². The molecule has 1 N–H and O–H groups in total. The topological polar surface area (TPSA) is 12.0 Å². The minimum atomic E-state index is -0.219. The molecule has 1 atom stereocenters. The number of rotatable bonds is 5. The van der Waals surface area contributed by atoms with Gasteiger partial charge in [-0.05, 0) is 52.7 Å². The summed E-state index contributed by atoms with van der Waals surface area (Å²) in [5.41, 5.74) is 1.04. The fourth-order valence-corrected chi connectivity index (χ4v) is 3.68. The quantitative estimate of drug-likeness (QED) is 0.751. The van der Waals surface area contributed by atoms with Crippen LogP contribution < -0.4 is 5.32 Å². The highest BCUT2D eigenvalue weighted by Gasteiger charge is 2.17. The van der Waals surface area contributed by atoms with Gasteiger partial charge in [-0.2, -0.15) is 0 Å². The maximum atomic E-state index is 13.0. The van der Waals surface area contributed by atoms with Crippen molar-refractivity contribution in [1.29, 1.82) is 0 Å². The zero-order valence-electron chi connectivity index (χ0n) is 10.4. The maximum Gasteiger partial charge on any atom is 0.123 e. The fourth-order valence-electron chi connectivity index (χ4n) is 1.83. The predicted octanol–water partition coefficient (Wildman–Crippen LogP) is 5.39. The van der Waals surface area contributed by atoms with Crippen LogP contribution >= 0.6 is 38.9 Å². The molecule has 0 amide bonds. The molecule has 0 saturated heterocycles. The van der Waals surface area contributed by atoms with Crippen molar-refractivity contribution < 1.29 is 4.39 Å². The summed E-state index contributed by atoms with van der Waals surface area (Å²) in [6.07, 6.45) is 1.04. The first-order valence-electron chi connectivity index (χ1n) is 6.05. The lowest BCUT2D eigenvalue weighted by atomic mass is 10.1. The van der Waals surface area contributed by atoms with Crippen molar-refractivity contribution in [3.63, 3.8) is 0 Å². The van der Waals surface area contributed by atoms with Gasteiger partial charge in [0.2, 0.25) is 0 Å². The summed E-state index contributed by atoms with van der Waals surface area (Å²) in [5, 5.41) is 4.18. The van der Waals surface area contributed by atoms with Gasteiger partial charge in [0.1, 0.15) is 5.82 Å². The van der Waals surface area contributed by atoms with Gasteiger partial charge >= 0.3 is 0 Å². The van der Waals surface area contributed by atoms with E-state index in [0.717, 1.165) is 27.2 Å². The van der Waals surface area contributed by atoms with Gasteiger partial charge in [0.15, 0.2) is 0 Å². The van der Waals surface area contributed by atoms with E-state index in [1.807, 2.05) is 18.2 Å². The van der Waals surface area contributed by atoms with Crippen molar-refractivity contribution in [1.82, 2.24) is 5.32 Å². The third kappa shape index (κ3) is 3.78. The summed E-state index contributed by atoms with van der Waals surface area (Å²) in [7, 11) is 0. The van der Waals surface area contributed by atoms with Crippen LogP contribution in [0.4, 0.5) is 4.39 Å². The van der Waals surface area contributed by atoms with Crippen LogP contribution in [0, 0.1) is 5.82 Å². The summed E-state index contributed by atoms with van der Waals surface area (Å²) >= 11 is 11.1. The fraction of sp³-hybridized carbons (Fsp3) is 0.286. The predicted molar refractivity (Wildman–Crippen MR) is 83.6 cm³/mol. The van der Waals surface area contributed by atoms with Gasteiger partial charge in [0, 0.05) is 4.88 Å². The summed E-state index contributed by atoms with van der Waals surface area (Å²) in [5.74, 6) is -0.219. The Kier molecular flexibility index (Phi) is 5.39. The van der Waals surface area contributed by atoms with Crippen LogP contribution in [0.25, 0.3) is 0 Å². The average Bonchev–Trinajstić information content (AvgIpc) is 2.72. The molecule has 0 fully saturated rings. The number of nitrogens with one attached hydrogen (secondary N) is 1. The lowest BCUT2D eigenvalue weighted by Gasteiger charge is -2.17. The summed E-state index contributed by atoms with van der Waals surface area (Å²) < 4.78 is 14.0. The molecule has 0 radical (unpaired) electrons. The van der Waals surface area contributed by atoms with Crippen molar-refractivity contribution >= 4 is 38.9 Å². The van der Waals surface area contributed by atoms with E-state index >= 15 is 0 Å². The van der Waals surface area contributed by atoms with Crippen molar-refractivity contribution in [2.75, 3.05) is 6.54 Å². The third-order valence-corrected chi connectivity index (χ3v) is 5.29. The zero-order chi connectivity index (χ0) is 13.8. The number of hydrogen-bond donors (Lipinski definition) is 1. The molecule has 2 rings (SSSR count). The van der Waals surface area contributed by atoms with E-state index < -0.39 is 0 Å². The molecule has 1 unspecified atom stereocenters. The molecular formula is C14H14BrClFNS. The molecule has 1 nitrogen and oxygen atoms in total. The van der Waals surface area contributed by atoms with Crippen molar-refractivity contribution in [2.45, 2.75) is 19.4 Å². The third-order valence-electron chi connectivity index (χ3n) is 2.75. The molecule has 0 spiro atoms. The Morgan fingerprint density at radius 1 is 1.37 bits per heavy atom.